The summed E-state index contributed by atoms with van der Waals surface area (Å²) in [5.41, 5.74) is -1.98. The Kier molecular flexibility index (Phi) is 5.20. The molecule has 1 rings (SSSR count). The predicted octanol–water partition coefficient (Wildman–Crippen LogP) is 1.54. The number of anilines is 1. The topological polar surface area (TPSA) is 108 Å². The number of benzene rings is 1. The molecule has 1 atom stereocenters. The summed E-state index contributed by atoms with van der Waals surface area (Å²) in [5.74, 6) is -1.96. The maximum atomic E-state index is 12.0. The van der Waals surface area contributed by atoms with E-state index < -0.39 is 36.3 Å². The van der Waals surface area contributed by atoms with Gasteiger partial charge in [-0.1, -0.05) is 0 Å². The fraction of sp³-hybridized carbons (Fsp3) is 0.333. The number of ether oxygens (including phenoxy) is 1. The molecule has 0 aliphatic rings. The second kappa shape index (κ2) is 6.52. The van der Waals surface area contributed by atoms with Crippen LogP contribution in [-0.4, -0.2) is 40.7 Å². The Bertz CT molecular complexity index is 543. The van der Waals surface area contributed by atoms with Gasteiger partial charge in [-0.25, -0.2) is 9.59 Å². The fourth-order valence-corrected chi connectivity index (χ4v) is 1.24. The van der Waals surface area contributed by atoms with Crippen molar-refractivity contribution in [3.63, 3.8) is 0 Å². The molecule has 0 heterocycles. The van der Waals surface area contributed by atoms with Crippen LogP contribution in [0.5, 0.6) is 5.75 Å². The van der Waals surface area contributed by atoms with Gasteiger partial charge in [0.15, 0.2) is 5.60 Å². The number of rotatable bonds is 5. The van der Waals surface area contributed by atoms with E-state index in [1.54, 1.807) is 0 Å². The number of carboxylic acid groups (broad SMARTS) is 1. The highest BCUT2D eigenvalue weighted by molar-refractivity contribution is 5.90. The summed E-state index contributed by atoms with van der Waals surface area (Å²) >= 11 is 0. The predicted molar refractivity (Wildman–Crippen MR) is 68.4 cm³/mol. The average Bonchev–Trinajstić information content (AvgIpc) is 2.37. The molecule has 2 amide bonds. The van der Waals surface area contributed by atoms with Gasteiger partial charge < -0.3 is 25.6 Å². The molecule has 7 nitrogen and oxygen atoms in total. The lowest BCUT2D eigenvalue weighted by molar-refractivity contribution is -0.274. The molecule has 122 valence electrons. The molecule has 0 aliphatic carbocycles. The number of hydrogen-bond donors (Lipinski definition) is 4. The molecule has 4 N–H and O–H groups in total. The van der Waals surface area contributed by atoms with Gasteiger partial charge in [-0.3, -0.25) is 0 Å². The van der Waals surface area contributed by atoms with Crippen molar-refractivity contribution in [2.75, 3.05) is 11.9 Å². The molecule has 0 bridgehead atoms. The van der Waals surface area contributed by atoms with Crippen molar-refractivity contribution in [2.24, 2.45) is 0 Å². The molecule has 1 aromatic carbocycles. The number of carboxylic acids is 1. The van der Waals surface area contributed by atoms with Crippen LogP contribution in [0.25, 0.3) is 0 Å². The van der Waals surface area contributed by atoms with E-state index in [9.17, 15) is 27.9 Å². The SMILES string of the molecule is CC(O)(CNC(=O)Nc1ccc(OC(F)(F)F)cc1)C(=O)O. The minimum Gasteiger partial charge on any atom is -0.479 e. The van der Waals surface area contributed by atoms with Crippen LogP contribution in [0, 0.1) is 0 Å². The number of urea groups is 1. The second-order valence-electron chi connectivity index (χ2n) is 4.46. The van der Waals surface area contributed by atoms with E-state index in [0.29, 0.717) is 0 Å². The summed E-state index contributed by atoms with van der Waals surface area (Å²) in [6.07, 6.45) is -4.81. The van der Waals surface area contributed by atoms with Gasteiger partial charge in [0.1, 0.15) is 5.75 Å². The Morgan fingerprint density at radius 3 is 2.23 bits per heavy atom. The largest absolute Gasteiger partial charge is 0.573 e. The third kappa shape index (κ3) is 5.87. The van der Waals surface area contributed by atoms with Crippen molar-refractivity contribution < 1.29 is 37.7 Å². The van der Waals surface area contributed by atoms with Gasteiger partial charge in [0.25, 0.3) is 0 Å². The molecular weight excluding hydrogens is 309 g/mol. The number of nitrogens with one attached hydrogen (secondary N) is 2. The van der Waals surface area contributed by atoms with Gasteiger partial charge in [-0.15, -0.1) is 13.2 Å². The number of carbonyl (C=O) groups excluding carboxylic acids is 1. The summed E-state index contributed by atoms with van der Waals surface area (Å²) < 4.78 is 39.5. The van der Waals surface area contributed by atoms with Crippen molar-refractivity contribution >= 4 is 17.7 Å². The van der Waals surface area contributed by atoms with Gasteiger partial charge >= 0.3 is 18.4 Å². The summed E-state index contributed by atoms with van der Waals surface area (Å²) in [6.45, 7) is 0.447. The summed E-state index contributed by atoms with van der Waals surface area (Å²) in [7, 11) is 0. The number of carbonyl (C=O) groups is 2. The quantitative estimate of drug-likeness (QED) is 0.658. The van der Waals surface area contributed by atoms with Crippen LogP contribution >= 0.6 is 0 Å². The molecule has 1 unspecified atom stereocenters. The third-order valence-corrected chi connectivity index (χ3v) is 2.40. The molecule has 10 heteroatoms. The summed E-state index contributed by atoms with van der Waals surface area (Å²) in [4.78, 5) is 22.1. The van der Waals surface area contributed by atoms with Gasteiger partial charge in [-0.2, -0.15) is 0 Å². The minimum atomic E-state index is -4.81. The zero-order chi connectivity index (χ0) is 17.0. The molecule has 0 aromatic heterocycles. The first-order chi connectivity index (χ1) is 9.99. The monoisotopic (exact) mass is 322 g/mol. The maximum absolute atomic E-state index is 12.0. The first-order valence-electron chi connectivity index (χ1n) is 5.86. The smallest absolute Gasteiger partial charge is 0.479 e. The summed E-state index contributed by atoms with van der Waals surface area (Å²) in [5, 5.41) is 22.4. The van der Waals surface area contributed by atoms with E-state index >= 15 is 0 Å². The van der Waals surface area contributed by atoms with Crippen molar-refractivity contribution in [3.8, 4) is 5.75 Å². The zero-order valence-electron chi connectivity index (χ0n) is 11.3. The van der Waals surface area contributed by atoms with Crippen LogP contribution in [-0.2, 0) is 4.79 Å². The molecule has 0 saturated heterocycles. The number of amides is 2. The Morgan fingerprint density at radius 2 is 1.77 bits per heavy atom. The highest BCUT2D eigenvalue weighted by Gasteiger charge is 2.31. The van der Waals surface area contributed by atoms with Crippen LogP contribution in [0.1, 0.15) is 6.92 Å². The molecule has 22 heavy (non-hydrogen) atoms. The van der Waals surface area contributed by atoms with E-state index in [-0.39, 0.29) is 5.69 Å². The van der Waals surface area contributed by atoms with Crippen molar-refractivity contribution in [2.45, 2.75) is 18.9 Å². The lowest BCUT2D eigenvalue weighted by atomic mass is 10.1. The first-order valence-corrected chi connectivity index (χ1v) is 5.86. The van der Waals surface area contributed by atoms with E-state index in [0.717, 1.165) is 31.2 Å². The Balaban J connectivity index is 2.53. The van der Waals surface area contributed by atoms with Crippen molar-refractivity contribution in [1.82, 2.24) is 5.32 Å². The Morgan fingerprint density at radius 1 is 1.23 bits per heavy atom. The van der Waals surface area contributed by atoms with Crippen molar-refractivity contribution in [3.05, 3.63) is 24.3 Å². The van der Waals surface area contributed by atoms with Crippen LogP contribution in [0.15, 0.2) is 24.3 Å². The van der Waals surface area contributed by atoms with Gasteiger partial charge in [-0.05, 0) is 31.2 Å². The minimum absolute atomic E-state index is 0.155. The van der Waals surface area contributed by atoms with Gasteiger partial charge in [0, 0.05) is 5.69 Å². The second-order valence-corrected chi connectivity index (χ2v) is 4.46. The highest BCUT2D eigenvalue weighted by atomic mass is 19.4. The molecule has 0 fully saturated rings. The number of alkyl halides is 3. The van der Waals surface area contributed by atoms with Crippen LogP contribution in [0.2, 0.25) is 0 Å². The molecule has 0 aliphatic heterocycles. The molecule has 0 spiro atoms. The van der Waals surface area contributed by atoms with Crippen LogP contribution < -0.4 is 15.4 Å². The number of aliphatic hydroxyl groups is 1. The lowest BCUT2D eigenvalue weighted by Gasteiger charge is -2.18. The van der Waals surface area contributed by atoms with E-state index in [1.165, 1.54) is 0 Å². The van der Waals surface area contributed by atoms with Crippen molar-refractivity contribution in [1.29, 1.82) is 0 Å². The summed E-state index contributed by atoms with van der Waals surface area (Å²) in [6, 6.07) is 3.49. The van der Waals surface area contributed by atoms with Crippen LogP contribution in [0.4, 0.5) is 23.7 Å². The zero-order valence-corrected chi connectivity index (χ0v) is 11.3. The highest BCUT2D eigenvalue weighted by Crippen LogP contribution is 2.23. The maximum Gasteiger partial charge on any atom is 0.573 e. The van der Waals surface area contributed by atoms with E-state index in [1.807, 2.05) is 0 Å². The normalized spacial score (nSPS) is 13.9. The molecule has 0 radical (unpaired) electrons. The van der Waals surface area contributed by atoms with Gasteiger partial charge in [0.2, 0.25) is 0 Å². The molecule has 1 aromatic rings. The van der Waals surface area contributed by atoms with E-state index in [2.05, 4.69) is 15.4 Å². The number of aliphatic carboxylic acids is 1. The Labute approximate surface area is 122 Å². The number of halogens is 3. The lowest BCUT2D eigenvalue weighted by Crippen LogP contribution is -2.47. The average molecular weight is 322 g/mol. The fourth-order valence-electron chi connectivity index (χ4n) is 1.24. The molecule has 0 saturated carbocycles. The van der Waals surface area contributed by atoms with Gasteiger partial charge in [0.05, 0.1) is 6.54 Å². The number of hydrogen-bond acceptors (Lipinski definition) is 4. The standard InChI is InChI=1S/C12H13F3N2O5/c1-11(21,9(18)19)6-16-10(20)17-7-2-4-8(5-3-7)22-12(13,14)15/h2-5,21H,6H2,1H3,(H,18,19)(H2,16,17,20). The Hall–Kier alpha value is -2.49. The van der Waals surface area contributed by atoms with Crippen LogP contribution in [0.3, 0.4) is 0 Å². The van der Waals surface area contributed by atoms with E-state index in [4.69, 9.17) is 5.11 Å². The molecular formula is C12H13F3N2O5. The third-order valence-electron chi connectivity index (χ3n) is 2.40. The first kappa shape index (κ1) is 17.6.